The van der Waals surface area contributed by atoms with E-state index in [1.807, 2.05) is 48.5 Å². The zero-order valence-corrected chi connectivity index (χ0v) is 19.7. The number of allylic oxidation sites excluding steroid dienone is 1. The minimum absolute atomic E-state index is 0.0198. The van der Waals surface area contributed by atoms with Gasteiger partial charge in [0.2, 0.25) is 11.1 Å². The molecule has 0 amide bonds. The Morgan fingerprint density at radius 2 is 1.81 bits per heavy atom. The van der Waals surface area contributed by atoms with Gasteiger partial charge in [-0.2, -0.15) is 0 Å². The summed E-state index contributed by atoms with van der Waals surface area (Å²) in [6.45, 7) is 5.23. The van der Waals surface area contributed by atoms with Crippen molar-refractivity contribution in [1.82, 2.24) is 4.90 Å². The molecule has 0 fully saturated rings. The van der Waals surface area contributed by atoms with E-state index in [9.17, 15) is 4.79 Å². The molecule has 0 radical (unpaired) electrons. The lowest BCUT2D eigenvalue weighted by Crippen LogP contribution is -2.45. The van der Waals surface area contributed by atoms with Crippen LogP contribution in [0.2, 0.25) is 0 Å². The molecular weight excluding hydrogens is 434 g/mol. The van der Waals surface area contributed by atoms with E-state index in [0.717, 1.165) is 28.3 Å². The zero-order valence-electron chi connectivity index (χ0n) is 18.1. The molecule has 2 aliphatic rings. The maximum absolute atomic E-state index is 13.4. The van der Waals surface area contributed by atoms with Crippen LogP contribution in [0.5, 0.6) is 0 Å². The lowest BCUT2D eigenvalue weighted by molar-refractivity contribution is 0.108. The topological polar surface area (TPSA) is 58.7 Å². The Bertz CT molecular complexity index is 1210. The highest BCUT2D eigenvalue weighted by molar-refractivity contribution is 8.17. The minimum atomic E-state index is -0.0198. The number of thiophene rings is 1. The van der Waals surface area contributed by atoms with Gasteiger partial charge in [0.05, 0.1) is 10.7 Å². The summed E-state index contributed by atoms with van der Waals surface area (Å²) in [6, 6.07) is 22.0. The fourth-order valence-corrected chi connectivity index (χ4v) is 6.53. The van der Waals surface area contributed by atoms with E-state index in [0.29, 0.717) is 12.5 Å². The maximum Gasteiger partial charge on any atom is 0.225 e. The molecular formula is C26H25N3OS2. The van der Waals surface area contributed by atoms with Gasteiger partial charge < -0.3 is 10.6 Å². The van der Waals surface area contributed by atoms with E-state index in [1.54, 1.807) is 11.3 Å². The first kappa shape index (κ1) is 21.0. The van der Waals surface area contributed by atoms with Crippen molar-refractivity contribution >= 4 is 39.9 Å². The van der Waals surface area contributed by atoms with Gasteiger partial charge in [-0.15, -0.1) is 11.3 Å². The van der Waals surface area contributed by atoms with Gasteiger partial charge in [-0.1, -0.05) is 62.4 Å². The van der Waals surface area contributed by atoms with E-state index in [-0.39, 0.29) is 16.4 Å². The number of nitrogens with zero attached hydrogens (tertiary/aromatic N) is 2. The SMILES string of the molecule is CC1(C)CC2=C(SC(=O)c3ccccc3[C@H]2c2cccs2)N(C(N)=Nc2ccccc2)C1. The summed E-state index contributed by atoms with van der Waals surface area (Å²) >= 11 is 3.03. The molecule has 6 heteroatoms. The number of nitrogens with two attached hydrogens (primary N) is 1. The van der Waals surface area contributed by atoms with E-state index >= 15 is 0 Å². The molecule has 0 saturated carbocycles. The van der Waals surface area contributed by atoms with Crippen molar-refractivity contribution in [1.29, 1.82) is 0 Å². The average Bonchev–Trinajstić information content (AvgIpc) is 3.26. The Morgan fingerprint density at radius 1 is 1.06 bits per heavy atom. The molecule has 2 aromatic carbocycles. The molecule has 0 aliphatic carbocycles. The third-order valence-corrected chi connectivity index (χ3v) is 7.93. The molecule has 3 aromatic rings. The molecule has 4 nitrogen and oxygen atoms in total. The van der Waals surface area contributed by atoms with E-state index in [4.69, 9.17) is 10.7 Å². The molecule has 0 bridgehead atoms. The smallest absolute Gasteiger partial charge is 0.225 e. The van der Waals surface area contributed by atoms with E-state index in [2.05, 4.69) is 42.3 Å². The lowest BCUT2D eigenvalue weighted by Gasteiger charge is -2.42. The van der Waals surface area contributed by atoms with Gasteiger partial charge in [-0.3, -0.25) is 4.79 Å². The molecule has 0 saturated heterocycles. The van der Waals surface area contributed by atoms with Crippen molar-refractivity contribution in [3.05, 3.63) is 98.7 Å². The van der Waals surface area contributed by atoms with Gasteiger partial charge >= 0.3 is 0 Å². The Balaban J connectivity index is 1.70. The minimum Gasteiger partial charge on any atom is -0.369 e. The van der Waals surface area contributed by atoms with Gasteiger partial charge in [0.15, 0.2) is 0 Å². The summed E-state index contributed by atoms with van der Waals surface area (Å²) in [5.41, 5.74) is 10.5. The van der Waals surface area contributed by atoms with Crippen LogP contribution < -0.4 is 5.73 Å². The normalized spacial score (nSPS) is 20.6. The number of para-hydroxylation sites is 1. The predicted molar refractivity (Wildman–Crippen MR) is 134 cm³/mol. The number of hydrogen-bond acceptors (Lipinski definition) is 4. The number of rotatable bonds is 2. The van der Waals surface area contributed by atoms with Crippen molar-refractivity contribution in [2.45, 2.75) is 26.2 Å². The number of hydrogen-bond donors (Lipinski definition) is 1. The summed E-state index contributed by atoms with van der Waals surface area (Å²) < 4.78 is 0. The maximum atomic E-state index is 13.4. The number of thioether (sulfide) groups is 1. The van der Waals surface area contributed by atoms with Crippen LogP contribution in [-0.4, -0.2) is 22.5 Å². The van der Waals surface area contributed by atoms with Crippen molar-refractivity contribution in [2.24, 2.45) is 16.1 Å². The summed E-state index contributed by atoms with van der Waals surface area (Å²) in [4.78, 5) is 21.4. The Labute approximate surface area is 196 Å². The molecule has 162 valence electrons. The third-order valence-electron chi connectivity index (χ3n) is 5.91. The molecule has 0 unspecified atom stereocenters. The van der Waals surface area contributed by atoms with Gasteiger partial charge in [0.25, 0.3) is 0 Å². The Hall–Kier alpha value is -2.83. The average molecular weight is 460 g/mol. The highest BCUT2D eigenvalue weighted by atomic mass is 32.2. The van der Waals surface area contributed by atoms with E-state index in [1.165, 1.54) is 22.2 Å². The fraction of sp³-hybridized carbons (Fsp3) is 0.231. The number of carbonyl (C=O) groups is 1. The first-order valence-corrected chi connectivity index (χ1v) is 12.4. The molecule has 2 N–H and O–H groups in total. The number of guanidine groups is 1. The highest BCUT2D eigenvalue weighted by Gasteiger charge is 2.41. The molecule has 5 rings (SSSR count). The van der Waals surface area contributed by atoms with Crippen LogP contribution in [0.1, 0.15) is 47.0 Å². The number of fused-ring (bicyclic) bond motifs is 1. The summed E-state index contributed by atoms with van der Waals surface area (Å²) in [5, 5.41) is 3.10. The second-order valence-corrected chi connectivity index (χ2v) is 10.9. The second-order valence-electron chi connectivity index (χ2n) is 8.99. The lowest BCUT2D eigenvalue weighted by atomic mass is 9.75. The third kappa shape index (κ3) is 3.89. The van der Waals surface area contributed by atoms with Gasteiger partial charge in [0.1, 0.15) is 0 Å². The Kier molecular flexibility index (Phi) is 5.43. The van der Waals surface area contributed by atoms with Crippen molar-refractivity contribution in [3.8, 4) is 0 Å². The van der Waals surface area contributed by atoms with Crippen LogP contribution in [0.4, 0.5) is 5.69 Å². The van der Waals surface area contributed by atoms with Crippen molar-refractivity contribution in [3.63, 3.8) is 0 Å². The van der Waals surface area contributed by atoms with Crippen molar-refractivity contribution in [2.75, 3.05) is 6.54 Å². The largest absolute Gasteiger partial charge is 0.369 e. The second kappa shape index (κ2) is 8.26. The van der Waals surface area contributed by atoms with Crippen LogP contribution in [0.3, 0.4) is 0 Å². The van der Waals surface area contributed by atoms with Crippen LogP contribution in [0.15, 0.2) is 87.7 Å². The monoisotopic (exact) mass is 459 g/mol. The molecule has 0 spiro atoms. The predicted octanol–water partition coefficient (Wildman–Crippen LogP) is 6.36. The molecule has 2 aliphatic heterocycles. The van der Waals surface area contributed by atoms with Crippen LogP contribution in [0.25, 0.3) is 0 Å². The number of aliphatic imine (C=N–C) groups is 1. The van der Waals surface area contributed by atoms with E-state index < -0.39 is 0 Å². The van der Waals surface area contributed by atoms with Gasteiger partial charge in [-0.25, -0.2) is 4.99 Å². The molecule has 1 atom stereocenters. The van der Waals surface area contributed by atoms with Crippen LogP contribution in [-0.2, 0) is 0 Å². The first-order chi connectivity index (χ1) is 15.4. The summed E-state index contributed by atoms with van der Waals surface area (Å²) in [6.07, 6.45) is 0.897. The number of carbonyl (C=O) groups excluding carboxylic acids is 1. The fourth-order valence-electron chi connectivity index (χ4n) is 4.59. The summed E-state index contributed by atoms with van der Waals surface area (Å²) in [7, 11) is 0. The quantitative estimate of drug-likeness (QED) is 0.358. The van der Waals surface area contributed by atoms with Gasteiger partial charge in [-0.05, 0) is 58.3 Å². The zero-order chi connectivity index (χ0) is 22.3. The molecule has 32 heavy (non-hydrogen) atoms. The standard InChI is InChI=1S/C26H25N3OS2/c1-26(2)15-20-22(21-13-8-14-31-21)18-11-6-7-12-19(18)24(30)32-23(20)29(16-26)25(27)28-17-9-4-3-5-10-17/h3-14,22H,15-16H2,1-2H3,(H2,27,28)/t22-/m1/s1. The molecule has 1 aromatic heterocycles. The number of benzene rings is 2. The first-order valence-electron chi connectivity index (χ1n) is 10.7. The van der Waals surface area contributed by atoms with Crippen LogP contribution in [0, 0.1) is 5.41 Å². The highest BCUT2D eigenvalue weighted by Crippen LogP contribution is 2.51. The van der Waals surface area contributed by atoms with Crippen LogP contribution >= 0.6 is 23.1 Å². The summed E-state index contributed by atoms with van der Waals surface area (Å²) in [5.74, 6) is 0.458. The van der Waals surface area contributed by atoms with Crippen molar-refractivity contribution < 1.29 is 4.79 Å². The molecule has 3 heterocycles. The van der Waals surface area contributed by atoms with Gasteiger partial charge in [0, 0.05) is 22.9 Å². The Morgan fingerprint density at radius 3 is 2.56 bits per heavy atom.